The summed E-state index contributed by atoms with van der Waals surface area (Å²) in [5, 5.41) is 21.0. The Hall–Kier alpha value is -0.610. The van der Waals surface area contributed by atoms with Crippen LogP contribution in [0.5, 0.6) is 0 Å². The zero-order valence-electron chi connectivity index (χ0n) is 18.5. The molecular weight excluding hydrogens is 338 g/mol. The van der Waals surface area contributed by atoms with Crippen molar-refractivity contribution >= 4 is 5.97 Å². The van der Waals surface area contributed by atoms with Crippen molar-refractivity contribution < 1.29 is 19.5 Å². The van der Waals surface area contributed by atoms with Gasteiger partial charge in [-0.1, -0.05) is 96.8 Å². The summed E-state index contributed by atoms with van der Waals surface area (Å²) in [6.07, 6.45) is 19.0. The van der Waals surface area contributed by atoms with Gasteiger partial charge in [0.2, 0.25) is 0 Å². The van der Waals surface area contributed by atoms with Crippen molar-refractivity contribution in [3.63, 3.8) is 0 Å². The van der Waals surface area contributed by atoms with E-state index >= 15 is 0 Å². The molecule has 0 bridgehead atoms. The summed E-state index contributed by atoms with van der Waals surface area (Å²) >= 11 is 0. The van der Waals surface area contributed by atoms with E-state index in [9.17, 15) is 15.0 Å². The molecule has 0 aromatic rings. The van der Waals surface area contributed by atoms with Crippen LogP contribution in [-0.2, 0) is 4.79 Å². The van der Waals surface area contributed by atoms with Crippen LogP contribution < -0.4 is 5.11 Å². The summed E-state index contributed by atoms with van der Waals surface area (Å²) in [4.78, 5) is 10.8. The standard InChI is InChI=1S/C23H47NO3/c1-4-6-7-8-9-10-11-12-13-14-15-16-17-18-19-22(25)20-24(3,5-2)21-23(26)27/h22,25H,4-21H2,1-3H3. The Morgan fingerprint density at radius 3 is 1.59 bits per heavy atom. The fourth-order valence-electron chi connectivity index (χ4n) is 3.79. The van der Waals surface area contributed by atoms with Crippen LogP contribution in [0.2, 0.25) is 0 Å². The number of aliphatic hydroxyl groups excluding tert-OH is 1. The van der Waals surface area contributed by atoms with Crippen LogP contribution in [0.25, 0.3) is 0 Å². The Morgan fingerprint density at radius 2 is 1.22 bits per heavy atom. The minimum atomic E-state index is -1.04. The molecule has 0 fully saturated rings. The number of aliphatic carboxylic acids is 1. The van der Waals surface area contributed by atoms with Crippen molar-refractivity contribution in [2.24, 2.45) is 0 Å². The molecule has 0 aliphatic carbocycles. The van der Waals surface area contributed by atoms with Crippen LogP contribution in [0.4, 0.5) is 0 Å². The maximum atomic E-state index is 10.8. The van der Waals surface area contributed by atoms with Gasteiger partial charge in [-0.25, -0.2) is 0 Å². The van der Waals surface area contributed by atoms with Gasteiger partial charge in [0.15, 0.2) is 0 Å². The molecule has 162 valence electrons. The monoisotopic (exact) mass is 385 g/mol. The molecule has 0 amide bonds. The van der Waals surface area contributed by atoms with E-state index in [1.54, 1.807) is 0 Å². The number of nitrogens with zero attached hydrogens (tertiary/aromatic N) is 1. The normalized spacial score (nSPS) is 14.8. The molecule has 1 N–H and O–H groups in total. The molecule has 0 saturated heterocycles. The van der Waals surface area contributed by atoms with Crippen molar-refractivity contribution in [3.05, 3.63) is 0 Å². The van der Waals surface area contributed by atoms with Gasteiger partial charge in [0, 0.05) is 0 Å². The fourth-order valence-corrected chi connectivity index (χ4v) is 3.79. The molecule has 0 aromatic heterocycles. The first-order valence-corrected chi connectivity index (χ1v) is 11.6. The van der Waals surface area contributed by atoms with Crippen molar-refractivity contribution in [3.8, 4) is 0 Å². The number of carbonyl (C=O) groups is 1. The summed E-state index contributed by atoms with van der Waals surface area (Å²) in [5.74, 6) is -1.04. The first-order chi connectivity index (χ1) is 12.9. The van der Waals surface area contributed by atoms with Gasteiger partial charge < -0.3 is 19.5 Å². The predicted molar refractivity (Wildman–Crippen MR) is 112 cm³/mol. The van der Waals surface area contributed by atoms with Gasteiger partial charge >= 0.3 is 0 Å². The Bertz CT molecular complexity index is 349. The number of carbonyl (C=O) groups excluding carboxylic acids is 1. The number of rotatable bonds is 20. The van der Waals surface area contributed by atoms with E-state index in [-0.39, 0.29) is 6.54 Å². The van der Waals surface area contributed by atoms with E-state index in [0.717, 1.165) is 12.8 Å². The lowest BCUT2D eigenvalue weighted by molar-refractivity contribution is -0.905. The third kappa shape index (κ3) is 17.2. The lowest BCUT2D eigenvalue weighted by Gasteiger charge is -2.35. The first kappa shape index (κ1) is 26.4. The van der Waals surface area contributed by atoms with Gasteiger partial charge in [-0.15, -0.1) is 0 Å². The number of unbranched alkanes of at least 4 members (excludes halogenated alkanes) is 13. The summed E-state index contributed by atoms with van der Waals surface area (Å²) in [6.45, 7) is 5.41. The largest absolute Gasteiger partial charge is 0.544 e. The van der Waals surface area contributed by atoms with Crippen molar-refractivity contribution in [2.45, 2.75) is 116 Å². The maximum Gasteiger partial charge on any atom is 0.119 e. The quantitative estimate of drug-likeness (QED) is 0.249. The van der Waals surface area contributed by atoms with Crippen molar-refractivity contribution in [1.29, 1.82) is 0 Å². The van der Waals surface area contributed by atoms with Crippen molar-refractivity contribution in [1.82, 2.24) is 0 Å². The van der Waals surface area contributed by atoms with Crippen molar-refractivity contribution in [2.75, 3.05) is 26.7 Å². The van der Waals surface area contributed by atoms with E-state index in [2.05, 4.69) is 6.92 Å². The van der Waals surface area contributed by atoms with Gasteiger partial charge in [0.05, 0.1) is 19.6 Å². The predicted octanol–water partition coefficient (Wildman–Crippen LogP) is 4.44. The molecule has 0 spiro atoms. The molecule has 2 atom stereocenters. The molecule has 0 aromatic carbocycles. The average Bonchev–Trinajstić information content (AvgIpc) is 2.61. The van der Waals surface area contributed by atoms with Gasteiger partial charge in [-0.2, -0.15) is 0 Å². The topological polar surface area (TPSA) is 60.4 Å². The number of aliphatic hydroxyl groups is 1. The van der Waals surface area contributed by atoms with Crippen LogP contribution in [0, 0.1) is 0 Å². The molecule has 0 heterocycles. The Balaban J connectivity index is 3.44. The molecule has 0 aliphatic rings. The average molecular weight is 386 g/mol. The number of hydrogen-bond donors (Lipinski definition) is 1. The van der Waals surface area contributed by atoms with Gasteiger partial charge in [-0.05, 0) is 13.3 Å². The number of hydrogen-bond acceptors (Lipinski definition) is 3. The molecule has 0 saturated carbocycles. The zero-order chi connectivity index (χ0) is 20.4. The lowest BCUT2D eigenvalue weighted by atomic mass is 10.0. The van der Waals surface area contributed by atoms with Gasteiger partial charge in [0.1, 0.15) is 19.2 Å². The SMILES string of the molecule is CCCCCCCCCCCCCCCCC(O)C[N+](C)(CC)CC(=O)[O-]. The molecule has 4 heteroatoms. The summed E-state index contributed by atoms with van der Waals surface area (Å²) in [7, 11) is 1.88. The van der Waals surface area contributed by atoms with Gasteiger partial charge in [0.25, 0.3) is 0 Å². The third-order valence-corrected chi connectivity index (χ3v) is 5.82. The van der Waals surface area contributed by atoms with E-state index in [1.165, 1.54) is 83.5 Å². The van der Waals surface area contributed by atoms with Crippen LogP contribution in [0.15, 0.2) is 0 Å². The fraction of sp³-hybridized carbons (Fsp3) is 0.957. The summed E-state index contributed by atoms with van der Waals surface area (Å²) < 4.78 is 0.349. The Kier molecular flexibility index (Phi) is 17.1. The highest BCUT2D eigenvalue weighted by molar-refractivity contribution is 5.65. The number of likely N-dealkylation sites (N-methyl/N-ethyl adjacent to an activating group) is 1. The molecule has 0 rings (SSSR count). The second-order valence-corrected chi connectivity index (χ2v) is 8.69. The molecule has 2 unspecified atom stereocenters. The van der Waals surface area contributed by atoms with Crippen LogP contribution in [-0.4, -0.2) is 48.3 Å². The first-order valence-electron chi connectivity index (χ1n) is 11.6. The summed E-state index contributed by atoms with van der Waals surface area (Å²) in [6, 6.07) is 0. The zero-order valence-corrected chi connectivity index (χ0v) is 18.5. The summed E-state index contributed by atoms with van der Waals surface area (Å²) in [5.41, 5.74) is 0. The minimum absolute atomic E-state index is 0.0215. The van der Waals surface area contributed by atoms with Crippen LogP contribution in [0.1, 0.15) is 110 Å². The molecule has 0 radical (unpaired) electrons. The highest BCUT2D eigenvalue weighted by atomic mass is 16.4. The minimum Gasteiger partial charge on any atom is -0.544 e. The molecule has 27 heavy (non-hydrogen) atoms. The Morgan fingerprint density at radius 1 is 0.815 bits per heavy atom. The van der Waals surface area contributed by atoms with Crippen LogP contribution in [0.3, 0.4) is 0 Å². The second kappa shape index (κ2) is 17.5. The third-order valence-electron chi connectivity index (χ3n) is 5.82. The molecule has 0 aliphatic heterocycles. The number of quaternary nitrogens is 1. The van der Waals surface area contributed by atoms with E-state index in [0.29, 0.717) is 17.6 Å². The van der Waals surface area contributed by atoms with E-state index < -0.39 is 12.1 Å². The molecular formula is C23H47NO3. The van der Waals surface area contributed by atoms with E-state index in [4.69, 9.17) is 0 Å². The highest BCUT2D eigenvalue weighted by Crippen LogP contribution is 2.14. The maximum absolute atomic E-state index is 10.8. The second-order valence-electron chi connectivity index (χ2n) is 8.69. The number of carboxylic acid groups (broad SMARTS) is 1. The smallest absolute Gasteiger partial charge is 0.119 e. The number of carboxylic acids is 1. The highest BCUT2D eigenvalue weighted by Gasteiger charge is 2.23. The van der Waals surface area contributed by atoms with E-state index in [1.807, 2.05) is 14.0 Å². The molecule has 4 nitrogen and oxygen atoms in total. The van der Waals surface area contributed by atoms with Gasteiger partial charge in [-0.3, -0.25) is 0 Å². The Labute approximate surface area is 168 Å². The lowest BCUT2D eigenvalue weighted by Crippen LogP contribution is -2.54. The van der Waals surface area contributed by atoms with Crippen LogP contribution >= 0.6 is 0 Å².